The second-order valence-electron chi connectivity index (χ2n) is 9.36. The third-order valence-electron chi connectivity index (χ3n) is 5.72. The fraction of sp³-hybridized carbons (Fsp3) is 0.435. The van der Waals surface area contributed by atoms with Crippen LogP contribution in [0.3, 0.4) is 0 Å². The maximum absolute atomic E-state index is 15.4. The van der Waals surface area contributed by atoms with Gasteiger partial charge in [-0.3, -0.25) is 4.79 Å². The number of carbonyl (C=O) groups excluding carboxylic acids is 2. The number of amides is 2. The Balaban J connectivity index is 1.71. The van der Waals surface area contributed by atoms with E-state index in [4.69, 9.17) is 25.8 Å². The van der Waals surface area contributed by atoms with E-state index in [1.54, 1.807) is 20.8 Å². The van der Waals surface area contributed by atoms with Crippen LogP contribution in [0.25, 0.3) is 5.57 Å². The summed E-state index contributed by atoms with van der Waals surface area (Å²) in [7, 11) is 0. The Morgan fingerprint density at radius 3 is 2.64 bits per heavy atom. The summed E-state index contributed by atoms with van der Waals surface area (Å²) in [5.41, 5.74) is -1.76. The Labute approximate surface area is 210 Å². The highest BCUT2D eigenvalue weighted by Crippen LogP contribution is 2.42. The predicted molar refractivity (Wildman–Crippen MR) is 122 cm³/mol. The number of hydrogen-bond donors (Lipinski definition) is 1. The number of allylic oxidation sites excluding steroid dienone is 1. The Kier molecular flexibility index (Phi) is 6.74. The van der Waals surface area contributed by atoms with E-state index < -0.39 is 47.9 Å². The molecular formula is C23H24ClF2N3O7. The van der Waals surface area contributed by atoms with Crippen LogP contribution in [0.2, 0.25) is 0 Å². The molecule has 3 heterocycles. The van der Waals surface area contributed by atoms with E-state index in [2.05, 4.69) is 0 Å². The number of fused-ring (bicyclic) bond motifs is 1. The molecule has 1 aromatic rings. The number of carboxylic acid groups (broad SMARTS) is 1. The van der Waals surface area contributed by atoms with Gasteiger partial charge in [-0.15, -0.1) is 0 Å². The minimum atomic E-state index is -1.14. The first-order valence-electron chi connectivity index (χ1n) is 11.1. The predicted octanol–water partition coefficient (Wildman–Crippen LogP) is 3.72. The molecule has 0 aliphatic carbocycles. The Bertz CT molecular complexity index is 1180. The lowest BCUT2D eigenvalue weighted by molar-refractivity contribution is -0.135. The molecule has 10 nitrogen and oxygen atoms in total. The molecule has 194 valence electrons. The molecule has 1 N–H and O–H groups in total. The van der Waals surface area contributed by atoms with Gasteiger partial charge >= 0.3 is 12.2 Å². The minimum Gasteiger partial charge on any atom is -0.487 e. The summed E-state index contributed by atoms with van der Waals surface area (Å²) in [6.45, 7) is 4.15. The molecule has 3 aliphatic heterocycles. The summed E-state index contributed by atoms with van der Waals surface area (Å²) in [5.74, 6) is -2.15. The molecule has 4 rings (SSSR count). The Morgan fingerprint density at radius 2 is 1.97 bits per heavy atom. The van der Waals surface area contributed by atoms with Gasteiger partial charge in [0.05, 0.1) is 23.2 Å². The van der Waals surface area contributed by atoms with Crippen molar-refractivity contribution in [2.75, 3.05) is 32.8 Å². The van der Waals surface area contributed by atoms with Gasteiger partial charge in [-0.05, 0) is 32.9 Å². The lowest BCUT2D eigenvalue weighted by Crippen LogP contribution is -2.57. The lowest BCUT2D eigenvalue weighted by Gasteiger charge is -2.39. The van der Waals surface area contributed by atoms with Crippen LogP contribution in [0, 0.1) is 5.82 Å². The van der Waals surface area contributed by atoms with Gasteiger partial charge in [-0.2, -0.15) is 5.12 Å². The summed E-state index contributed by atoms with van der Waals surface area (Å²) in [6, 6.07) is 3.01. The quantitative estimate of drug-likeness (QED) is 0.352. The topological polar surface area (TPSA) is 109 Å². The molecule has 36 heavy (non-hydrogen) atoms. The molecule has 1 aromatic carbocycles. The number of ether oxygens (including phenoxy) is 3. The van der Waals surface area contributed by atoms with Gasteiger partial charge in [-0.1, -0.05) is 22.1 Å². The molecular weight excluding hydrogens is 504 g/mol. The van der Waals surface area contributed by atoms with E-state index in [0.717, 1.165) is 11.0 Å². The largest absolute Gasteiger partial charge is 0.514 e. The number of rotatable bonds is 2. The molecule has 3 aliphatic rings. The lowest BCUT2D eigenvalue weighted by atomic mass is 9.99. The van der Waals surface area contributed by atoms with Gasteiger partial charge in [0.2, 0.25) is 0 Å². The molecule has 0 unspecified atom stereocenters. The number of halogens is 3. The molecule has 1 fully saturated rings. The van der Waals surface area contributed by atoms with Crippen LogP contribution in [-0.4, -0.2) is 82.6 Å². The highest BCUT2D eigenvalue weighted by molar-refractivity contribution is 6.35. The third-order valence-corrected chi connectivity index (χ3v) is 6.12. The van der Waals surface area contributed by atoms with Crippen molar-refractivity contribution in [1.29, 1.82) is 0 Å². The van der Waals surface area contributed by atoms with E-state index >= 15 is 8.87 Å². The van der Waals surface area contributed by atoms with Crippen LogP contribution in [-0.2, 0) is 14.3 Å². The fourth-order valence-electron chi connectivity index (χ4n) is 4.16. The van der Waals surface area contributed by atoms with Crippen molar-refractivity contribution in [3.05, 3.63) is 46.1 Å². The molecule has 1 atom stereocenters. The number of benzene rings is 1. The second-order valence-corrected chi connectivity index (χ2v) is 9.74. The van der Waals surface area contributed by atoms with E-state index in [1.165, 1.54) is 17.0 Å². The highest BCUT2D eigenvalue weighted by atomic mass is 35.5. The van der Waals surface area contributed by atoms with Gasteiger partial charge in [0.1, 0.15) is 23.8 Å². The fourth-order valence-corrected chi connectivity index (χ4v) is 4.46. The van der Waals surface area contributed by atoms with Gasteiger partial charge in [0.25, 0.3) is 5.91 Å². The number of piperazine rings is 1. The van der Waals surface area contributed by atoms with Crippen LogP contribution in [0.1, 0.15) is 26.3 Å². The molecule has 0 aromatic heterocycles. The van der Waals surface area contributed by atoms with Gasteiger partial charge in [0, 0.05) is 25.2 Å². The maximum atomic E-state index is 15.4. The highest BCUT2D eigenvalue weighted by Gasteiger charge is 2.43. The zero-order chi connectivity index (χ0) is 26.4. The van der Waals surface area contributed by atoms with Crippen LogP contribution in [0.4, 0.5) is 18.5 Å². The van der Waals surface area contributed by atoms with Crippen molar-refractivity contribution >= 4 is 35.3 Å². The smallest absolute Gasteiger partial charge is 0.487 e. The normalized spacial score (nSPS) is 20.4. The first-order valence-corrected chi connectivity index (χ1v) is 11.4. The third kappa shape index (κ3) is 4.90. The van der Waals surface area contributed by atoms with E-state index in [9.17, 15) is 19.5 Å². The molecule has 0 bridgehead atoms. The summed E-state index contributed by atoms with van der Waals surface area (Å²) in [6.07, 6.45) is -2.24. The van der Waals surface area contributed by atoms with E-state index in [0.29, 0.717) is 0 Å². The monoisotopic (exact) mass is 527 g/mol. The van der Waals surface area contributed by atoms with Crippen molar-refractivity contribution in [2.45, 2.75) is 32.4 Å². The molecule has 0 spiro atoms. The maximum Gasteiger partial charge on any atom is 0.514 e. The minimum absolute atomic E-state index is 0.0245. The summed E-state index contributed by atoms with van der Waals surface area (Å²) < 4.78 is 46.4. The second kappa shape index (κ2) is 9.49. The number of nitrogens with zero attached hydrogens (tertiary/aromatic N) is 3. The SMILES string of the molecule is CC(C)(C)OC(=O)Oc1cccc(F)c1C1=C(Cl)C2=C(C(=O)N3CCN(C(=O)O)C[C@@H]3CO2)N(F)C1. The van der Waals surface area contributed by atoms with Crippen LogP contribution in [0.5, 0.6) is 5.75 Å². The standard InChI is InChI=1S/C23H24ClF2N3O7/c1-23(2,3)36-22(33)35-15-6-4-5-14(25)16(15)13-10-29(26)18-19(17(13)24)34-11-12-9-27(21(31)32)7-8-28(12)20(18)30/h4-6,12H,7-11H2,1-3H3,(H,31,32)/t12-/m1/s1. The van der Waals surface area contributed by atoms with Crippen molar-refractivity contribution in [3.63, 3.8) is 0 Å². The molecule has 1 saturated heterocycles. The van der Waals surface area contributed by atoms with Crippen LogP contribution in [0.15, 0.2) is 34.7 Å². The zero-order valence-electron chi connectivity index (χ0n) is 19.7. The summed E-state index contributed by atoms with van der Waals surface area (Å²) >= 11 is 6.55. The average molecular weight is 528 g/mol. The first-order chi connectivity index (χ1) is 16.9. The number of hydrogen-bond acceptors (Lipinski definition) is 7. The van der Waals surface area contributed by atoms with E-state index in [-0.39, 0.29) is 59.0 Å². The molecule has 0 saturated carbocycles. The summed E-state index contributed by atoms with van der Waals surface area (Å²) in [4.78, 5) is 39.3. The molecule has 2 amide bonds. The molecule has 0 radical (unpaired) electrons. The van der Waals surface area contributed by atoms with Crippen LogP contribution >= 0.6 is 11.6 Å². The Morgan fingerprint density at radius 1 is 1.25 bits per heavy atom. The van der Waals surface area contributed by atoms with Gasteiger partial charge in [0.15, 0.2) is 11.5 Å². The average Bonchev–Trinajstić information content (AvgIpc) is 2.92. The zero-order valence-corrected chi connectivity index (χ0v) is 20.5. The van der Waals surface area contributed by atoms with Gasteiger partial charge in [-0.25, -0.2) is 14.0 Å². The van der Waals surface area contributed by atoms with E-state index in [1.807, 2.05) is 0 Å². The first kappa shape index (κ1) is 25.5. The molecule has 13 heteroatoms. The van der Waals surface area contributed by atoms with Crippen molar-refractivity contribution in [3.8, 4) is 5.75 Å². The Hall–Kier alpha value is -3.54. The van der Waals surface area contributed by atoms with Crippen molar-refractivity contribution < 1.29 is 42.6 Å². The van der Waals surface area contributed by atoms with Crippen molar-refractivity contribution in [1.82, 2.24) is 14.9 Å². The van der Waals surface area contributed by atoms with Crippen LogP contribution < -0.4 is 4.74 Å². The van der Waals surface area contributed by atoms with Crippen molar-refractivity contribution in [2.24, 2.45) is 0 Å². The number of carbonyl (C=O) groups is 3. The summed E-state index contributed by atoms with van der Waals surface area (Å²) in [5, 5.41) is 9.14. The van der Waals surface area contributed by atoms with Gasteiger partial charge < -0.3 is 29.1 Å².